The predicted octanol–water partition coefficient (Wildman–Crippen LogP) is 5.23. The Labute approximate surface area is 223 Å². The van der Waals surface area contributed by atoms with Gasteiger partial charge in [-0.2, -0.15) is 0 Å². The fourth-order valence-corrected chi connectivity index (χ4v) is 4.82. The highest BCUT2D eigenvalue weighted by molar-refractivity contribution is 7.80. The van der Waals surface area contributed by atoms with E-state index in [2.05, 4.69) is 0 Å². The lowest BCUT2D eigenvalue weighted by atomic mass is 10.1. The number of hydrogen-bond acceptors (Lipinski definition) is 6. The Morgan fingerprint density at radius 1 is 1.08 bits per heavy atom. The van der Waals surface area contributed by atoms with Gasteiger partial charge < -0.3 is 9.30 Å². The number of nitrogens with zero attached hydrogens (tertiary/aromatic N) is 4. The SMILES string of the molecule is CCN1C(=O)/C(=C\c2cc(C)n(-c3ccc(OC)cc3[N+](=O)[O-])c2C)C(=O)N(c2ccc(Cl)cc2)C1=S. The van der Waals surface area contributed by atoms with Gasteiger partial charge in [-0.05, 0) is 87.1 Å². The third-order valence-electron chi connectivity index (χ3n) is 6.12. The van der Waals surface area contributed by atoms with Crippen LogP contribution in [0.15, 0.2) is 54.1 Å². The van der Waals surface area contributed by atoms with Crippen molar-refractivity contribution in [1.82, 2.24) is 9.47 Å². The molecule has 0 N–H and O–H groups in total. The Hall–Kier alpha value is -4.02. The summed E-state index contributed by atoms with van der Waals surface area (Å²) in [7, 11) is 1.44. The zero-order valence-electron chi connectivity index (χ0n) is 20.5. The Kier molecular flexibility index (Phi) is 7.15. The molecule has 11 heteroatoms. The van der Waals surface area contributed by atoms with E-state index < -0.39 is 16.7 Å². The fourth-order valence-electron chi connectivity index (χ4n) is 4.30. The molecule has 3 aromatic rings. The van der Waals surface area contributed by atoms with E-state index in [0.717, 1.165) is 0 Å². The molecule has 1 aliphatic heterocycles. The smallest absolute Gasteiger partial charge is 0.296 e. The molecule has 190 valence electrons. The molecular formula is C26H23ClN4O5S. The second kappa shape index (κ2) is 10.2. The number of ether oxygens (including phenoxy) is 1. The van der Waals surface area contributed by atoms with E-state index in [-0.39, 0.29) is 22.9 Å². The molecule has 0 saturated carbocycles. The lowest BCUT2D eigenvalue weighted by Crippen LogP contribution is -2.56. The van der Waals surface area contributed by atoms with Crippen LogP contribution in [0.3, 0.4) is 0 Å². The summed E-state index contributed by atoms with van der Waals surface area (Å²) in [5.41, 5.74) is 2.48. The summed E-state index contributed by atoms with van der Waals surface area (Å²) >= 11 is 11.5. The van der Waals surface area contributed by atoms with Gasteiger partial charge in [0.15, 0.2) is 5.11 Å². The van der Waals surface area contributed by atoms with Crippen molar-refractivity contribution in [2.45, 2.75) is 20.8 Å². The average molecular weight is 539 g/mol. The van der Waals surface area contributed by atoms with E-state index in [1.54, 1.807) is 67.8 Å². The number of likely N-dealkylation sites (N-methyl/N-ethyl adjacent to an activating group) is 1. The molecule has 2 amide bonds. The molecule has 1 aromatic heterocycles. The summed E-state index contributed by atoms with van der Waals surface area (Å²) in [6, 6.07) is 12.9. The van der Waals surface area contributed by atoms with Gasteiger partial charge in [0.1, 0.15) is 17.0 Å². The quantitative estimate of drug-likeness (QED) is 0.140. The number of carbonyl (C=O) groups excluding carboxylic acids is 2. The highest BCUT2D eigenvalue weighted by Crippen LogP contribution is 2.33. The van der Waals surface area contributed by atoms with Gasteiger partial charge in [-0.15, -0.1) is 0 Å². The molecular weight excluding hydrogens is 516 g/mol. The third kappa shape index (κ3) is 4.61. The minimum Gasteiger partial charge on any atom is -0.496 e. The second-order valence-corrected chi connectivity index (χ2v) is 9.08. The molecule has 37 heavy (non-hydrogen) atoms. The molecule has 2 heterocycles. The van der Waals surface area contributed by atoms with E-state index in [0.29, 0.717) is 39.1 Å². The first-order valence-electron chi connectivity index (χ1n) is 11.3. The van der Waals surface area contributed by atoms with Crippen molar-refractivity contribution in [1.29, 1.82) is 0 Å². The first-order chi connectivity index (χ1) is 17.6. The van der Waals surface area contributed by atoms with Crippen LogP contribution in [-0.4, -0.2) is 45.0 Å². The first kappa shape index (κ1) is 26.1. The van der Waals surface area contributed by atoms with Crippen molar-refractivity contribution >= 4 is 58.2 Å². The van der Waals surface area contributed by atoms with Crippen molar-refractivity contribution in [3.8, 4) is 11.4 Å². The van der Waals surface area contributed by atoms with Gasteiger partial charge in [-0.3, -0.25) is 29.5 Å². The predicted molar refractivity (Wildman–Crippen MR) is 145 cm³/mol. The number of halogens is 1. The number of aryl methyl sites for hydroxylation is 1. The van der Waals surface area contributed by atoms with Gasteiger partial charge >= 0.3 is 0 Å². The fraction of sp³-hybridized carbons (Fsp3) is 0.192. The molecule has 4 rings (SSSR count). The summed E-state index contributed by atoms with van der Waals surface area (Å²) < 4.78 is 6.85. The number of anilines is 1. The molecule has 0 atom stereocenters. The van der Waals surface area contributed by atoms with Crippen LogP contribution in [0.1, 0.15) is 23.9 Å². The maximum Gasteiger partial charge on any atom is 0.296 e. The van der Waals surface area contributed by atoms with Crippen molar-refractivity contribution in [2.75, 3.05) is 18.6 Å². The average Bonchev–Trinajstić information content (AvgIpc) is 3.15. The van der Waals surface area contributed by atoms with Crippen LogP contribution in [-0.2, 0) is 9.59 Å². The number of nitro groups is 1. The number of benzene rings is 2. The van der Waals surface area contributed by atoms with Crippen LogP contribution in [0.5, 0.6) is 5.75 Å². The van der Waals surface area contributed by atoms with Crippen LogP contribution < -0.4 is 9.64 Å². The molecule has 2 aromatic carbocycles. The van der Waals surface area contributed by atoms with Crippen LogP contribution in [0.4, 0.5) is 11.4 Å². The number of rotatable bonds is 6. The van der Waals surface area contributed by atoms with E-state index in [9.17, 15) is 19.7 Å². The minimum absolute atomic E-state index is 0.0742. The Bertz CT molecular complexity index is 1480. The lowest BCUT2D eigenvalue weighted by molar-refractivity contribution is -0.384. The number of amides is 2. The van der Waals surface area contributed by atoms with Crippen LogP contribution in [0, 0.1) is 24.0 Å². The summed E-state index contributed by atoms with van der Waals surface area (Å²) in [6.07, 6.45) is 1.51. The molecule has 0 unspecified atom stereocenters. The zero-order chi connectivity index (χ0) is 27.0. The van der Waals surface area contributed by atoms with Crippen LogP contribution in [0.2, 0.25) is 5.02 Å². The Balaban J connectivity index is 1.84. The topological polar surface area (TPSA) is 97.9 Å². The van der Waals surface area contributed by atoms with E-state index >= 15 is 0 Å². The van der Waals surface area contributed by atoms with Gasteiger partial charge in [0.05, 0.1) is 23.8 Å². The van der Waals surface area contributed by atoms with E-state index in [4.69, 9.17) is 28.6 Å². The molecule has 0 bridgehead atoms. The Morgan fingerprint density at radius 2 is 1.76 bits per heavy atom. The summed E-state index contributed by atoms with van der Waals surface area (Å²) in [5, 5.41) is 12.4. The largest absolute Gasteiger partial charge is 0.496 e. The van der Waals surface area contributed by atoms with Gasteiger partial charge in [0.25, 0.3) is 17.5 Å². The molecule has 9 nitrogen and oxygen atoms in total. The number of methoxy groups -OCH3 is 1. The number of aromatic nitrogens is 1. The van der Waals surface area contributed by atoms with Crippen molar-refractivity contribution in [2.24, 2.45) is 0 Å². The monoisotopic (exact) mass is 538 g/mol. The van der Waals surface area contributed by atoms with Crippen molar-refractivity contribution in [3.63, 3.8) is 0 Å². The second-order valence-electron chi connectivity index (χ2n) is 8.28. The lowest BCUT2D eigenvalue weighted by Gasteiger charge is -2.36. The van der Waals surface area contributed by atoms with E-state index in [1.807, 2.05) is 0 Å². The summed E-state index contributed by atoms with van der Waals surface area (Å²) in [6.45, 7) is 5.60. The molecule has 0 aliphatic carbocycles. The zero-order valence-corrected chi connectivity index (χ0v) is 22.1. The molecule has 0 radical (unpaired) electrons. The van der Waals surface area contributed by atoms with Crippen LogP contribution in [0.25, 0.3) is 11.8 Å². The van der Waals surface area contributed by atoms with Crippen LogP contribution >= 0.6 is 23.8 Å². The minimum atomic E-state index is -0.567. The number of thiocarbonyl (C=S) groups is 1. The molecule has 0 spiro atoms. The van der Waals surface area contributed by atoms with E-state index in [1.165, 1.54) is 29.1 Å². The third-order valence-corrected chi connectivity index (χ3v) is 6.78. The van der Waals surface area contributed by atoms with Crippen molar-refractivity contribution < 1.29 is 19.2 Å². The molecule has 1 fully saturated rings. The summed E-state index contributed by atoms with van der Waals surface area (Å²) in [5.74, 6) is -0.721. The number of nitro benzene ring substituents is 1. The first-order valence-corrected chi connectivity index (χ1v) is 12.1. The highest BCUT2D eigenvalue weighted by Gasteiger charge is 2.39. The number of carbonyl (C=O) groups is 2. The normalized spacial score (nSPS) is 15.1. The van der Waals surface area contributed by atoms with Gasteiger partial charge in [-0.25, -0.2) is 0 Å². The summed E-state index contributed by atoms with van der Waals surface area (Å²) in [4.78, 5) is 40.8. The maximum atomic E-state index is 13.6. The molecule has 1 aliphatic rings. The van der Waals surface area contributed by atoms with Gasteiger partial charge in [0.2, 0.25) is 0 Å². The standard InChI is InChI=1S/C26H23ClN4O5S/c1-5-28-24(32)21(25(33)30(26(28)37)19-8-6-18(27)7-9-19)13-17-12-15(2)29(16(17)3)22-11-10-20(36-4)14-23(22)31(34)35/h6-14H,5H2,1-4H3/b21-13+. The van der Waals surface area contributed by atoms with Gasteiger partial charge in [-0.1, -0.05) is 11.6 Å². The number of hydrogen-bond donors (Lipinski definition) is 0. The molecule has 1 saturated heterocycles. The van der Waals surface area contributed by atoms with Gasteiger partial charge in [0, 0.05) is 23.0 Å². The maximum absolute atomic E-state index is 13.6. The highest BCUT2D eigenvalue weighted by atomic mass is 35.5. The van der Waals surface area contributed by atoms with Crippen molar-refractivity contribution in [3.05, 3.63) is 86.2 Å². The Morgan fingerprint density at radius 3 is 2.35 bits per heavy atom.